The minimum absolute atomic E-state index is 0.238. The Morgan fingerprint density at radius 1 is 1.28 bits per heavy atom. The molecule has 0 spiro atoms. The van der Waals surface area contributed by atoms with Crippen LogP contribution in [-0.2, 0) is 6.42 Å². The molecule has 1 atom stereocenters. The second-order valence-electron chi connectivity index (χ2n) is 4.93. The molecular formula is C15H21ClN2. The summed E-state index contributed by atoms with van der Waals surface area (Å²) in [5, 5.41) is 0.790. The van der Waals surface area contributed by atoms with Gasteiger partial charge in [-0.1, -0.05) is 41.8 Å². The van der Waals surface area contributed by atoms with Crippen LogP contribution in [0, 0.1) is 0 Å². The summed E-state index contributed by atoms with van der Waals surface area (Å²) < 4.78 is 0. The zero-order valence-electron chi connectivity index (χ0n) is 10.7. The Morgan fingerprint density at radius 2 is 2.17 bits per heavy atom. The second kappa shape index (κ2) is 6.93. The second-order valence-corrected chi connectivity index (χ2v) is 5.37. The lowest BCUT2D eigenvalue weighted by Gasteiger charge is -2.19. The Kier molecular flexibility index (Phi) is 5.24. The standard InChI is InChI=1S/C15H21ClN2/c16-14-9-5-6-12(10-14)11-15(18-17)13-7-3-1-2-4-8-13/h5-7,9-10,15,18H,1-4,8,11,17H2. The third-order valence-corrected chi connectivity index (χ3v) is 3.79. The van der Waals surface area contributed by atoms with Crippen molar-refractivity contribution in [2.75, 3.05) is 0 Å². The SMILES string of the molecule is NNC(Cc1cccc(Cl)c1)C1=CCCCCC1. The third-order valence-electron chi connectivity index (χ3n) is 3.55. The number of allylic oxidation sites excluding steroid dienone is 1. The molecule has 0 saturated carbocycles. The zero-order chi connectivity index (χ0) is 12.8. The van der Waals surface area contributed by atoms with Crippen molar-refractivity contribution in [2.45, 2.75) is 44.6 Å². The van der Waals surface area contributed by atoms with Gasteiger partial charge in [-0.25, -0.2) is 0 Å². The molecule has 0 amide bonds. The molecule has 0 fully saturated rings. The topological polar surface area (TPSA) is 38.0 Å². The highest BCUT2D eigenvalue weighted by atomic mass is 35.5. The van der Waals surface area contributed by atoms with E-state index in [4.69, 9.17) is 17.4 Å². The molecule has 0 aliphatic heterocycles. The van der Waals surface area contributed by atoms with E-state index in [2.05, 4.69) is 17.6 Å². The van der Waals surface area contributed by atoms with Crippen LogP contribution in [-0.4, -0.2) is 6.04 Å². The highest BCUT2D eigenvalue weighted by Gasteiger charge is 2.14. The maximum absolute atomic E-state index is 6.02. The highest BCUT2D eigenvalue weighted by Crippen LogP contribution is 2.22. The van der Waals surface area contributed by atoms with Crippen LogP contribution in [0.25, 0.3) is 0 Å². The quantitative estimate of drug-likeness (QED) is 0.495. The Bertz CT molecular complexity index is 415. The summed E-state index contributed by atoms with van der Waals surface area (Å²) in [5.41, 5.74) is 5.64. The summed E-state index contributed by atoms with van der Waals surface area (Å²) in [6, 6.07) is 8.26. The van der Waals surface area contributed by atoms with Gasteiger partial charge in [0.1, 0.15) is 0 Å². The van der Waals surface area contributed by atoms with E-state index >= 15 is 0 Å². The van der Waals surface area contributed by atoms with Crippen LogP contribution in [0.15, 0.2) is 35.9 Å². The van der Waals surface area contributed by atoms with E-state index in [1.807, 2.05) is 18.2 Å². The van der Waals surface area contributed by atoms with E-state index in [-0.39, 0.29) is 6.04 Å². The summed E-state index contributed by atoms with van der Waals surface area (Å²) in [5.74, 6) is 5.72. The maximum Gasteiger partial charge on any atom is 0.0460 e. The minimum Gasteiger partial charge on any atom is -0.271 e. The summed E-state index contributed by atoms with van der Waals surface area (Å²) in [4.78, 5) is 0. The summed E-state index contributed by atoms with van der Waals surface area (Å²) in [7, 11) is 0. The van der Waals surface area contributed by atoms with Gasteiger partial charge in [0, 0.05) is 11.1 Å². The van der Waals surface area contributed by atoms with Crippen molar-refractivity contribution in [1.29, 1.82) is 0 Å². The molecule has 3 N–H and O–H groups in total. The molecule has 1 aliphatic carbocycles. The molecule has 3 heteroatoms. The lowest BCUT2D eigenvalue weighted by molar-refractivity contribution is 0.564. The van der Waals surface area contributed by atoms with Crippen LogP contribution < -0.4 is 11.3 Å². The number of hydrazine groups is 1. The van der Waals surface area contributed by atoms with Gasteiger partial charge < -0.3 is 0 Å². The van der Waals surface area contributed by atoms with E-state index in [1.54, 1.807) is 0 Å². The number of halogens is 1. The van der Waals surface area contributed by atoms with Gasteiger partial charge in [0.25, 0.3) is 0 Å². The van der Waals surface area contributed by atoms with Crippen LogP contribution in [0.1, 0.15) is 37.7 Å². The fourth-order valence-electron chi connectivity index (χ4n) is 2.55. The van der Waals surface area contributed by atoms with Crippen molar-refractivity contribution >= 4 is 11.6 Å². The van der Waals surface area contributed by atoms with Crippen molar-refractivity contribution in [3.05, 3.63) is 46.5 Å². The predicted octanol–water partition coefficient (Wildman–Crippen LogP) is 3.60. The van der Waals surface area contributed by atoms with Crippen molar-refractivity contribution in [3.63, 3.8) is 0 Å². The average molecular weight is 265 g/mol. The lowest BCUT2D eigenvalue weighted by atomic mass is 9.96. The van der Waals surface area contributed by atoms with Crippen LogP contribution in [0.2, 0.25) is 5.02 Å². The molecule has 18 heavy (non-hydrogen) atoms. The molecule has 1 aliphatic rings. The summed E-state index contributed by atoms with van der Waals surface area (Å²) in [6.45, 7) is 0. The van der Waals surface area contributed by atoms with Crippen molar-refractivity contribution in [1.82, 2.24) is 5.43 Å². The van der Waals surface area contributed by atoms with Gasteiger partial charge in [0.15, 0.2) is 0 Å². The molecule has 98 valence electrons. The first kappa shape index (κ1) is 13.6. The number of hydrogen-bond donors (Lipinski definition) is 2. The van der Waals surface area contributed by atoms with Crippen molar-refractivity contribution in [3.8, 4) is 0 Å². The van der Waals surface area contributed by atoms with E-state index in [9.17, 15) is 0 Å². The van der Waals surface area contributed by atoms with E-state index in [1.165, 1.54) is 36.8 Å². The van der Waals surface area contributed by atoms with Gasteiger partial charge in [-0.15, -0.1) is 0 Å². The van der Waals surface area contributed by atoms with Crippen LogP contribution in [0.3, 0.4) is 0 Å². The normalized spacial score (nSPS) is 18.0. The minimum atomic E-state index is 0.238. The Balaban J connectivity index is 2.06. The number of benzene rings is 1. The zero-order valence-corrected chi connectivity index (χ0v) is 11.4. The van der Waals surface area contributed by atoms with Crippen molar-refractivity contribution in [2.24, 2.45) is 5.84 Å². The molecule has 1 unspecified atom stereocenters. The molecule has 0 aromatic heterocycles. The van der Waals surface area contributed by atoms with Gasteiger partial charge in [-0.05, 0) is 49.8 Å². The lowest BCUT2D eigenvalue weighted by Crippen LogP contribution is -2.38. The predicted molar refractivity (Wildman–Crippen MR) is 77.4 cm³/mol. The van der Waals surface area contributed by atoms with Crippen LogP contribution in [0.5, 0.6) is 0 Å². The molecule has 2 rings (SSSR count). The summed E-state index contributed by atoms with van der Waals surface area (Å²) >= 11 is 6.02. The molecule has 1 aromatic carbocycles. The molecule has 0 heterocycles. The van der Waals surface area contributed by atoms with Crippen molar-refractivity contribution < 1.29 is 0 Å². The number of rotatable bonds is 4. The number of hydrogen-bond acceptors (Lipinski definition) is 2. The monoisotopic (exact) mass is 264 g/mol. The summed E-state index contributed by atoms with van der Waals surface area (Å²) in [6.07, 6.45) is 9.52. The van der Waals surface area contributed by atoms with Gasteiger partial charge >= 0.3 is 0 Å². The first-order valence-electron chi connectivity index (χ1n) is 6.69. The third kappa shape index (κ3) is 3.84. The average Bonchev–Trinajstić information content (AvgIpc) is 2.65. The fourth-order valence-corrected chi connectivity index (χ4v) is 2.77. The number of nitrogens with one attached hydrogen (secondary N) is 1. The Hall–Kier alpha value is -0.830. The van der Waals surface area contributed by atoms with Crippen LogP contribution >= 0.6 is 11.6 Å². The molecule has 0 radical (unpaired) electrons. The van der Waals surface area contributed by atoms with Gasteiger partial charge in [0.2, 0.25) is 0 Å². The van der Waals surface area contributed by atoms with Crippen LogP contribution in [0.4, 0.5) is 0 Å². The fraction of sp³-hybridized carbons (Fsp3) is 0.467. The van der Waals surface area contributed by atoms with E-state index < -0.39 is 0 Å². The largest absolute Gasteiger partial charge is 0.271 e. The van der Waals surface area contributed by atoms with Gasteiger partial charge in [-0.3, -0.25) is 11.3 Å². The molecule has 0 saturated heterocycles. The Morgan fingerprint density at radius 3 is 2.94 bits per heavy atom. The van der Waals surface area contributed by atoms with Gasteiger partial charge in [0.05, 0.1) is 0 Å². The Labute approximate surface area is 114 Å². The molecule has 1 aromatic rings. The maximum atomic E-state index is 6.02. The number of nitrogens with two attached hydrogens (primary N) is 1. The molecule has 0 bridgehead atoms. The first-order chi connectivity index (χ1) is 8.79. The smallest absolute Gasteiger partial charge is 0.0460 e. The van der Waals surface area contributed by atoms with E-state index in [0.29, 0.717) is 0 Å². The highest BCUT2D eigenvalue weighted by molar-refractivity contribution is 6.30. The van der Waals surface area contributed by atoms with Gasteiger partial charge in [-0.2, -0.15) is 0 Å². The molecular weight excluding hydrogens is 244 g/mol. The molecule has 2 nitrogen and oxygen atoms in total. The first-order valence-corrected chi connectivity index (χ1v) is 7.07. The van der Waals surface area contributed by atoms with E-state index in [0.717, 1.165) is 17.9 Å².